The van der Waals surface area contributed by atoms with Crippen LogP contribution in [0.15, 0.2) is 30.6 Å². The molecule has 1 fully saturated rings. The molecule has 2 N–H and O–H groups in total. The van der Waals surface area contributed by atoms with Crippen LogP contribution in [0.2, 0.25) is 5.28 Å². The molecular formula is C14H16ClN5O2. The first-order valence-electron chi connectivity index (χ1n) is 6.93. The van der Waals surface area contributed by atoms with Gasteiger partial charge in [0.2, 0.25) is 11.2 Å². The summed E-state index contributed by atoms with van der Waals surface area (Å²) in [6.45, 7) is 2.05. The van der Waals surface area contributed by atoms with Gasteiger partial charge in [-0.2, -0.15) is 4.98 Å². The maximum absolute atomic E-state index is 9.43. The minimum Gasteiger partial charge on any atom is -0.394 e. The summed E-state index contributed by atoms with van der Waals surface area (Å²) in [4.78, 5) is 13.9. The molecular weight excluding hydrogens is 306 g/mol. The summed E-state index contributed by atoms with van der Waals surface area (Å²) in [6, 6.07) is 7.82. The molecule has 1 atom stereocenters. The van der Waals surface area contributed by atoms with E-state index in [2.05, 4.69) is 25.2 Å². The van der Waals surface area contributed by atoms with Crippen LogP contribution in [0.4, 0.5) is 17.3 Å². The van der Waals surface area contributed by atoms with Gasteiger partial charge in [0.15, 0.2) is 0 Å². The van der Waals surface area contributed by atoms with Crippen molar-refractivity contribution >= 4 is 28.9 Å². The molecule has 1 saturated heterocycles. The number of rotatable bonds is 4. The van der Waals surface area contributed by atoms with Gasteiger partial charge in [-0.05, 0) is 35.9 Å². The number of hydrogen-bond acceptors (Lipinski definition) is 7. The molecule has 7 nitrogen and oxygen atoms in total. The SMILES string of the molecule is OC[C@@H]1COCCN1c1ccc(Nc2ncnc(Cl)n2)cc1. The van der Waals surface area contributed by atoms with Gasteiger partial charge in [0.25, 0.3) is 0 Å². The van der Waals surface area contributed by atoms with E-state index >= 15 is 0 Å². The summed E-state index contributed by atoms with van der Waals surface area (Å²) in [5, 5.41) is 12.6. The Morgan fingerprint density at radius 2 is 2.14 bits per heavy atom. The molecule has 116 valence electrons. The van der Waals surface area contributed by atoms with Crippen molar-refractivity contribution in [3.8, 4) is 0 Å². The highest BCUT2D eigenvalue weighted by Crippen LogP contribution is 2.23. The second-order valence-electron chi connectivity index (χ2n) is 4.85. The lowest BCUT2D eigenvalue weighted by Gasteiger charge is -2.36. The minimum atomic E-state index is -0.00473. The zero-order valence-corrected chi connectivity index (χ0v) is 12.6. The van der Waals surface area contributed by atoms with Gasteiger partial charge < -0.3 is 20.1 Å². The van der Waals surface area contributed by atoms with Crippen molar-refractivity contribution in [2.24, 2.45) is 0 Å². The molecule has 0 amide bonds. The Bertz CT molecular complexity index is 625. The molecule has 0 aliphatic carbocycles. The van der Waals surface area contributed by atoms with E-state index in [1.54, 1.807) is 0 Å². The normalized spacial score (nSPS) is 18.3. The lowest BCUT2D eigenvalue weighted by molar-refractivity contribution is 0.0727. The molecule has 3 rings (SSSR count). The summed E-state index contributed by atoms with van der Waals surface area (Å²) in [5.41, 5.74) is 1.89. The van der Waals surface area contributed by atoms with E-state index in [1.807, 2.05) is 24.3 Å². The number of nitrogens with zero attached hydrogens (tertiary/aromatic N) is 4. The van der Waals surface area contributed by atoms with Crippen LogP contribution in [0.1, 0.15) is 0 Å². The summed E-state index contributed by atoms with van der Waals surface area (Å²) in [5.74, 6) is 0.396. The highest BCUT2D eigenvalue weighted by Gasteiger charge is 2.22. The van der Waals surface area contributed by atoms with E-state index in [4.69, 9.17) is 16.3 Å². The molecule has 1 aliphatic rings. The Kier molecular flexibility index (Phi) is 4.67. The average Bonchev–Trinajstić information content (AvgIpc) is 2.56. The van der Waals surface area contributed by atoms with Crippen LogP contribution in [-0.2, 0) is 4.74 Å². The number of anilines is 3. The van der Waals surface area contributed by atoms with Crippen LogP contribution in [0, 0.1) is 0 Å². The smallest absolute Gasteiger partial charge is 0.231 e. The van der Waals surface area contributed by atoms with Crippen LogP contribution >= 0.6 is 11.6 Å². The van der Waals surface area contributed by atoms with Gasteiger partial charge in [0.05, 0.1) is 25.9 Å². The molecule has 1 aromatic heterocycles. The Morgan fingerprint density at radius 1 is 1.32 bits per heavy atom. The van der Waals surface area contributed by atoms with Crippen LogP contribution in [0.25, 0.3) is 0 Å². The third-order valence-electron chi connectivity index (χ3n) is 3.44. The molecule has 0 saturated carbocycles. The van der Waals surface area contributed by atoms with E-state index in [9.17, 15) is 5.11 Å². The monoisotopic (exact) mass is 321 g/mol. The lowest BCUT2D eigenvalue weighted by Crippen LogP contribution is -2.47. The van der Waals surface area contributed by atoms with E-state index < -0.39 is 0 Å². The quantitative estimate of drug-likeness (QED) is 0.882. The van der Waals surface area contributed by atoms with E-state index in [-0.39, 0.29) is 17.9 Å². The Labute approximate surface area is 132 Å². The molecule has 0 radical (unpaired) electrons. The number of aromatic nitrogens is 3. The number of ether oxygens (including phenoxy) is 1. The maximum Gasteiger partial charge on any atom is 0.231 e. The van der Waals surface area contributed by atoms with Gasteiger partial charge in [-0.25, -0.2) is 9.97 Å². The van der Waals surface area contributed by atoms with Crippen molar-refractivity contribution in [2.45, 2.75) is 6.04 Å². The summed E-state index contributed by atoms with van der Waals surface area (Å²) >= 11 is 5.73. The van der Waals surface area contributed by atoms with Crippen LogP contribution in [-0.4, -0.2) is 52.5 Å². The fraction of sp³-hybridized carbons (Fsp3) is 0.357. The van der Waals surface area contributed by atoms with Gasteiger partial charge in [-0.15, -0.1) is 0 Å². The standard InChI is InChI=1S/C14H16ClN5O2/c15-13-16-9-17-14(19-13)18-10-1-3-11(4-2-10)20-5-6-22-8-12(20)7-21/h1-4,9,12,21H,5-8H2,(H,16,17,18,19)/t12-/m1/s1. The Hall–Kier alpha value is -1.96. The predicted molar refractivity (Wildman–Crippen MR) is 83.6 cm³/mol. The first-order valence-corrected chi connectivity index (χ1v) is 7.31. The van der Waals surface area contributed by atoms with Crippen molar-refractivity contribution in [3.63, 3.8) is 0 Å². The number of benzene rings is 1. The minimum absolute atomic E-state index is 0.00473. The predicted octanol–water partition coefficient (Wildman–Crippen LogP) is 1.47. The molecule has 0 bridgehead atoms. The molecule has 2 aromatic rings. The number of hydrogen-bond donors (Lipinski definition) is 2. The van der Waals surface area contributed by atoms with E-state index in [0.29, 0.717) is 19.2 Å². The average molecular weight is 322 g/mol. The number of aliphatic hydroxyl groups excluding tert-OH is 1. The molecule has 0 unspecified atom stereocenters. The van der Waals surface area contributed by atoms with Gasteiger partial charge in [-0.3, -0.25) is 0 Å². The van der Waals surface area contributed by atoms with Crippen molar-refractivity contribution in [1.82, 2.24) is 15.0 Å². The summed E-state index contributed by atoms with van der Waals surface area (Å²) in [6.07, 6.45) is 1.35. The second kappa shape index (κ2) is 6.87. The zero-order valence-electron chi connectivity index (χ0n) is 11.8. The van der Waals surface area contributed by atoms with Gasteiger partial charge >= 0.3 is 0 Å². The molecule has 0 spiro atoms. The fourth-order valence-electron chi connectivity index (χ4n) is 2.35. The molecule has 2 heterocycles. The number of morpholine rings is 1. The summed E-state index contributed by atoms with van der Waals surface area (Å²) < 4.78 is 5.39. The number of nitrogens with one attached hydrogen (secondary N) is 1. The van der Waals surface area contributed by atoms with Crippen molar-refractivity contribution < 1.29 is 9.84 Å². The van der Waals surface area contributed by atoms with Gasteiger partial charge in [0.1, 0.15) is 6.33 Å². The largest absolute Gasteiger partial charge is 0.394 e. The van der Waals surface area contributed by atoms with E-state index in [0.717, 1.165) is 17.9 Å². The third kappa shape index (κ3) is 3.44. The first kappa shape index (κ1) is 15.0. The number of aliphatic hydroxyl groups is 1. The molecule has 8 heteroatoms. The molecule has 1 aromatic carbocycles. The van der Waals surface area contributed by atoms with Crippen LogP contribution < -0.4 is 10.2 Å². The molecule has 22 heavy (non-hydrogen) atoms. The third-order valence-corrected chi connectivity index (χ3v) is 3.62. The van der Waals surface area contributed by atoms with Crippen molar-refractivity contribution in [1.29, 1.82) is 0 Å². The van der Waals surface area contributed by atoms with Crippen LogP contribution in [0.5, 0.6) is 0 Å². The van der Waals surface area contributed by atoms with Crippen LogP contribution in [0.3, 0.4) is 0 Å². The molecule has 1 aliphatic heterocycles. The first-order chi connectivity index (χ1) is 10.8. The Balaban J connectivity index is 1.72. The van der Waals surface area contributed by atoms with Crippen molar-refractivity contribution in [3.05, 3.63) is 35.9 Å². The second-order valence-corrected chi connectivity index (χ2v) is 5.19. The number of halogens is 1. The van der Waals surface area contributed by atoms with Gasteiger partial charge in [0, 0.05) is 17.9 Å². The Morgan fingerprint density at radius 3 is 2.86 bits per heavy atom. The highest BCUT2D eigenvalue weighted by molar-refractivity contribution is 6.28. The maximum atomic E-state index is 9.43. The summed E-state index contributed by atoms with van der Waals surface area (Å²) in [7, 11) is 0. The fourth-order valence-corrected chi connectivity index (χ4v) is 2.47. The highest BCUT2D eigenvalue weighted by atomic mass is 35.5. The lowest BCUT2D eigenvalue weighted by atomic mass is 10.2. The van der Waals surface area contributed by atoms with E-state index in [1.165, 1.54) is 6.33 Å². The van der Waals surface area contributed by atoms with Gasteiger partial charge in [-0.1, -0.05) is 0 Å². The topological polar surface area (TPSA) is 83.4 Å². The van der Waals surface area contributed by atoms with Crippen molar-refractivity contribution in [2.75, 3.05) is 36.6 Å². The zero-order chi connectivity index (χ0) is 15.4.